The van der Waals surface area contributed by atoms with Crippen LogP contribution in [-0.4, -0.2) is 17.6 Å². The summed E-state index contributed by atoms with van der Waals surface area (Å²) in [4.78, 5) is 6.69. The number of aryl methyl sites for hydroxylation is 2. The van der Waals surface area contributed by atoms with E-state index in [9.17, 15) is 0 Å². The summed E-state index contributed by atoms with van der Waals surface area (Å²) in [7, 11) is 0. The maximum Gasteiger partial charge on any atom is 0.0610 e. The van der Waals surface area contributed by atoms with Crippen molar-refractivity contribution in [2.24, 2.45) is 0 Å². The molecule has 0 aliphatic carbocycles. The number of rotatable bonds is 2. The van der Waals surface area contributed by atoms with Gasteiger partial charge in [-0.15, -0.1) is 0 Å². The van der Waals surface area contributed by atoms with E-state index in [1.165, 1.54) is 28.1 Å². The second-order valence-corrected chi connectivity index (χ2v) is 5.67. The van der Waals surface area contributed by atoms with Gasteiger partial charge in [-0.2, -0.15) is 0 Å². The van der Waals surface area contributed by atoms with Crippen LogP contribution in [0.5, 0.6) is 0 Å². The lowest BCUT2D eigenvalue weighted by Gasteiger charge is -2.38. The summed E-state index contributed by atoms with van der Waals surface area (Å²) in [5.74, 6) is 0. The maximum atomic E-state index is 4.22. The highest BCUT2D eigenvalue weighted by atomic mass is 15.2. The van der Waals surface area contributed by atoms with E-state index >= 15 is 0 Å². The zero-order chi connectivity index (χ0) is 14.1. The van der Waals surface area contributed by atoms with Gasteiger partial charge in [0.15, 0.2) is 0 Å². The van der Waals surface area contributed by atoms with Gasteiger partial charge in [0, 0.05) is 31.5 Å². The van der Waals surface area contributed by atoms with E-state index in [1.807, 2.05) is 18.5 Å². The van der Waals surface area contributed by atoms with Crippen LogP contribution in [0.1, 0.15) is 23.6 Å². The van der Waals surface area contributed by atoms with Crippen molar-refractivity contribution in [1.29, 1.82) is 0 Å². The summed E-state index contributed by atoms with van der Waals surface area (Å²) in [6.45, 7) is 8.50. The van der Waals surface area contributed by atoms with Gasteiger partial charge in [-0.05, 0) is 55.7 Å². The van der Waals surface area contributed by atoms with E-state index < -0.39 is 0 Å². The van der Waals surface area contributed by atoms with Gasteiger partial charge in [-0.3, -0.25) is 4.98 Å². The molecule has 1 aromatic carbocycles. The minimum Gasteiger partial charge on any atom is -0.381 e. The number of nitrogens with zero attached hydrogens (tertiary/aromatic N) is 2. The number of nitrogens with one attached hydrogen (secondary N) is 1. The van der Waals surface area contributed by atoms with Gasteiger partial charge in [0.2, 0.25) is 0 Å². The summed E-state index contributed by atoms with van der Waals surface area (Å²) in [5, 5.41) is 3.54. The Morgan fingerprint density at radius 1 is 1.30 bits per heavy atom. The van der Waals surface area contributed by atoms with Crippen LogP contribution in [0.25, 0.3) is 0 Å². The molecule has 0 bridgehead atoms. The first-order chi connectivity index (χ1) is 9.65. The second-order valence-electron chi connectivity index (χ2n) is 5.67. The first kappa shape index (κ1) is 13.0. The number of fused-ring (bicyclic) bond motifs is 1. The van der Waals surface area contributed by atoms with Crippen LogP contribution in [0.15, 0.2) is 36.7 Å². The number of benzene rings is 1. The summed E-state index contributed by atoms with van der Waals surface area (Å²) >= 11 is 0. The fourth-order valence-corrected chi connectivity index (χ4v) is 2.71. The van der Waals surface area contributed by atoms with Crippen molar-refractivity contribution < 1.29 is 0 Å². The standard InChI is InChI=1S/C17H21N3/c1-12-7-16-17(8-13(12)2)20(14(3)9-19-16)11-15-5-4-6-18-10-15/h4-8,10,14,19H,9,11H2,1-3H3. The third kappa shape index (κ3) is 2.36. The van der Waals surface area contributed by atoms with Crippen molar-refractivity contribution in [2.75, 3.05) is 16.8 Å². The molecular weight excluding hydrogens is 246 g/mol. The largest absolute Gasteiger partial charge is 0.381 e. The molecule has 1 aliphatic heterocycles. The summed E-state index contributed by atoms with van der Waals surface area (Å²) in [6.07, 6.45) is 3.78. The lowest BCUT2D eigenvalue weighted by atomic mass is 10.0. The SMILES string of the molecule is Cc1cc2c(cc1C)N(Cc1cccnc1)C(C)CN2. The van der Waals surface area contributed by atoms with Gasteiger partial charge in [-0.25, -0.2) is 0 Å². The monoisotopic (exact) mass is 267 g/mol. The Labute approximate surface area is 120 Å². The highest BCUT2D eigenvalue weighted by Gasteiger charge is 2.23. The zero-order valence-electron chi connectivity index (χ0n) is 12.4. The topological polar surface area (TPSA) is 28.2 Å². The molecule has 3 heteroatoms. The number of hydrogen-bond acceptors (Lipinski definition) is 3. The maximum absolute atomic E-state index is 4.22. The van der Waals surface area contributed by atoms with Gasteiger partial charge in [0.1, 0.15) is 0 Å². The van der Waals surface area contributed by atoms with E-state index in [2.05, 4.69) is 54.2 Å². The lowest BCUT2D eigenvalue weighted by Crippen LogP contribution is -2.41. The second kappa shape index (κ2) is 5.16. The first-order valence-electron chi connectivity index (χ1n) is 7.16. The van der Waals surface area contributed by atoms with E-state index in [1.54, 1.807) is 0 Å². The number of hydrogen-bond donors (Lipinski definition) is 1. The molecule has 1 N–H and O–H groups in total. The molecule has 0 saturated heterocycles. The van der Waals surface area contributed by atoms with Gasteiger partial charge in [0.05, 0.1) is 11.4 Å². The minimum absolute atomic E-state index is 0.477. The Morgan fingerprint density at radius 3 is 2.85 bits per heavy atom. The van der Waals surface area contributed by atoms with Crippen molar-refractivity contribution in [3.05, 3.63) is 53.3 Å². The Hall–Kier alpha value is -2.03. The van der Waals surface area contributed by atoms with Crippen LogP contribution in [0.2, 0.25) is 0 Å². The van der Waals surface area contributed by atoms with Crippen molar-refractivity contribution in [3.8, 4) is 0 Å². The normalized spacial score (nSPS) is 17.6. The molecule has 0 saturated carbocycles. The van der Waals surface area contributed by atoms with Crippen molar-refractivity contribution in [1.82, 2.24) is 4.98 Å². The Balaban J connectivity index is 1.97. The quantitative estimate of drug-likeness (QED) is 0.902. The highest BCUT2D eigenvalue weighted by Crippen LogP contribution is 2.34. The molecule has 0 fully saturated rings. The Kier molecular flexibility index (Phi) is 3.35. The van der Waals surface area contributed by atoms with Crippen LogP contribution in [0.3, 0.4) is 0 Å². The molecule has 104 valence electrons. The summed E-state index contributed by atoms with van der Waals surface area (Å²) in [5.41, 5.74) is 6.49. The minimum atomic E-state index is 0.477. The third-order valence-corrected chi connectivity index (χ3v) is 4.12. The molecule has 1 aliphatic rings. The molecule has 1 unspecified atom stereocenters. The predicted molar refractivity (Wildman–Crippen MR) is 84.3 cm³/mol. The van der Waals surface area contributed by atoms with Crippen LogP contribution in [0.4, 0.5) is 11.4 Å². The molecule has 0 radical (unpaired) electrons. The molecule has 0 spiro atoms. The van der Waals surface area contributed by atoms with E-state index in [4.69, 9.17) is 0 Å². The van der Waals surface area contributed by atoms with Crippen LogP contribution in [0, 0.1) is 13.8 Å². The molecule has 20 heavy (non-hydrogen) atoms. The molecule has 2 aromatic rings. The molecule has 1 atom stereocenters. The zero-order valence-corrected chi connectivity index (χ0v) is 12.4. The summed E-state index contributed by atoms with van der Waals surface area (Å²) in [6, 6.07) is 9.17. The highest BCUT2D eigenvalue weighted by molar-refractivity contribution is 5.74. The summed E-state index contributed by atoms with van der Waals surface area (Å²) < 4.78 is 0. The van der Waals surface area contributed by atoms with Gasteiger partial charge in [-0.1, -0.05) is 6.07 Å². The number of anilines is 2. The molecule has 2 heterocycles. The van der Waals surface area contributed by atoms with E-state index in [0.29, 0.717) is 6.04 Å². The fraction of sp³-hybridized carbons (Fsp3) is 0.353. The van der Waals surface area contributed by atoms with Gasteiger partial charge in [0.25, 0.3) is 0 Å². The smallest absolute Gasteiger partial charge is 0.0610 e. The molecular formula is C17H21N3. The Morgan fingerprint density at radius 2 is 2.10 bits per heavy atom. The molecule has 1 aromatic heterocycles. The number of pyridine rings is 1. The third-order valence-electron chi connectivity index (χ3n) is 4.12. The van der Waals surface area contributed by atoms with Crippen LogP contribution >= 0.6 is 0 Å². The first-order valence-corrected chi connectivity index (χ1v) is 7.16. The fourth-order valence-electron chi connectivity index (χ4n) is 2.71. The Bertz CT molecular complexity index is 607. The van der Waals surface area contributed by atoms with Gasteiger partial charge >= 0.3 is 0 Å². The average molecular weight is 267 g/mol. The van der Waals surface area contributed by atoms with Crippen LogP contribution in [-0.2, 0) is 6.54 Å². The van der Waals surface area contributed by atoms with Gasteiger partial charge < -0.3 is 10.2 Å². The number of aromatic nitrogens is 1. The molecule has 0 amide bonds. The average Bonchev–Trinajstić information content (AvgIpc) is 2.45. The van der Waals surface area contributed by atoms with Crippen molar-refractivity contribution in [2.45, 2.75) is 33.4 Å². The van der Waals surface area contributed by atoms with E-state index in [-0.39, 0.29) is 0 Å². The lowest BCUT2D eigenvalue weighted by molar-refractivity contribution is 0.640. The van der Waals surface area contributed by atoms with E-state index in [0.717, 1.165) is 13.1 Å². The predicted octanol–water partition coefficient (Wildman–Crippen LogP) is 3.52. The van der Waals surface area contributed by atoms with Crippen molar-refractivity contribution in [3.63, 3.8) is 0 Å². The van der Waals surface area contributed by atoms with Crippen molar-refractivity contribution >= 4 is 11.4 Å². The molecule has 3 nitrogen and oxygen atoms in total. The van der Waals surface area contributed by atoms with Crippen LogP contribution < -0.4 is 10.2 Å². The molecule has 3 rings (SSSR count).